The molecule has 0 radical (unpaired) electrons. The van der Waals surface area contributed by atoms with Crippen molar-refractivity contribution in [3.63, 3.8) is 0 Å². The van der Waals surface area contributed by atoms with Crippen LogP contribution in [-0.2, 0) is 9.53 Å². The van der Waals surface area contributed by atoms with Crippen molar-refractivity contribution >= 4 is 33.8 Å². The van der Waals surface area contributed by atoms with Crippen molar-refractivity contribution < 1.29 is 18.7 Å². The number of esters is 1. The molecule has 1 aromatic carbocycles. The molecule has 0 amide bonds. The van der Waals surface area contributed by atoms with Crippen LogP contribution in [0.1, 0.15) is 32.8 Å². The van der Waals surface area contributed by atoms with Crippen LogP contribution in [0.3, 0.4) is 0 Å². The van der Waals surface area contributed by atoms with Crippen molar-refractivity contribution in [2.45, 2.75) is 20.8 Å². The van der Waals surface area contributed by atoms with Gasteiger partial charge in [0.05, 0.1) is 0 Å². The highest BCUT2D eigenvalue weighted by Gasteiger charge is 2.12. The number of hydrogen-bond donors (Lipinski definition) is 0. The Hall–Kier alpha value is -2.14. The van der Waals surface area contributed by atoms with Crippen LogP contribution >= 0.6 is 15.9 Å². The smallest absolute Gasteiger partial charge is 0.331 e. The molecule has 0 aliphatic heterocycles. The van der Waals surface area contributed by atoms with E-state index in [2.05, 4.69) is 15.9 Å². The Bertz CT molecular complexity index is 771. The maximum atomic E-state index is 12.2. The molecule has 0 bridgehead atoms. The average molecular weight is 377 g/mol. The third-order valence-electron chi connectivity index (χ3n) is 3.46. The first-order valence-electron chi connectivity index (χ1n) is 7.08. The summed E-state index contributed by atoms with van der Waals surface area (Å²) in [5, 5.41) is 0. The number of rotatable bonds is 5. The van der Waals surface area contributed by atoms with Gasteiger partial charge in [-0.2, -0.15) is 0 Å². The van der Waals surface area contributed by atoms with Gasteiger partial charge in [0.15, 0.2) is 11.3 Å². The summed E-state index contributed by atoms with van der Waals surface area (Å²) in [5.74, 6) is -0.286. The maximum Gasteiger partial charge on any atom is 0.331 e. The Morgan fingerprint density at radius 1 is 1.13 bits per heavy atom. The number of halogens is 1. The van der Waals surface area contributed by atoms with E-state index in [0.717, 1.165) is 16.7 Å². The van der Waals surface area contributed by atoms with E-state index in [9.17, 15) is 9.59 Å². The normalized spacial score (nSPS) is 11.0. The zero-order valence-corrected chi connectivity index (χ0v) is 14.8. The summed E-state index contributed by atoms with van der Waals surface area (Å²) in [6.07, 6.45) is 2.71. The SMILES string of the molecule is Cc1cc(C)c(C(=O)COC(=O)C=Cc2ccc(Br)o2)cc1C. The van der Waals surface area contributed by atoms with Gasteiger partial charge in [-0.05, 0) is 77.7 Å². The van der Waals surface area contributed by atoms with Crippen molar-refractivity contribution in [1.29, 1.82) is 0 Å². The lowest BCUT2D eigenvalue weighted by Gasteiger charge is -2.09. The molecule has 0 aliphatic rings. The van der Waals surface area contributed by atoms with Crippen LogP contribution in [-0.4, -0.2) is 18.4 Å². The lowest BCUT2D eigenvalue weighted by Crippen LogP contribution is -2.14. The maximum absolute atomic E-state index is 12.2. The second-order valence-electron chi connectivity index (χ2n) is 5.26. The van der Waals surface area contributed by atoms with Gasteiger partial charge in [0.2, 0.25) is 5.78 Å². The average Bonchev–Trinajstić information content (AvgIpc) is 2.92. The van der Waals surface area contributed by atoms with Gasteiger partial charge in [0.1, 0.15) is 5.76 Å². The van der Waals surface area contributed by atoms with Gasteiger partial charge in [-0.15, -0.1) is 0 Å². The van der Waals surface area contributed by atoms with Crippen LogP contribution in [0, 0.1) is 20.8 Å². The minimum Gasteiger partial charge on any atom is -0.454 e. The van der Waals surface area contributed by atoms with E-state index in [0.29, 0.717) is 16.0 Å². The molecular weight excluding hydrogens is 360 g/mol. The molecular formula is C18H17BrO4. The van der Waals surface area contributed by atoms with E-state index < -0.39 is 5.97 Å². The van der Waals surface area contributed by atoms with Gasteiger partial charge in [-0.3, -0.25) is 4.79 Å². The molecule has 0 fully saturated rings. The lowest BCUT2D eigenvalue weighted by molar-refractivity contribution is -0.136. The zero-order valence-electron chi connectivity index (χ0n) is 13.2. The summed E-state index contributed by atoms with van der Waals surface area (Å²) < 4.78 is 10.8. The number of aryl methyl sites for hydroxylation is 3. The van der Waals surface area contributed by atoms with Crippen LogP contribution in [0.15, 0.2) is 39.4 Å². The van der Waals surface area contributed by atoms with Gasteiger partial charge in [-0.1, -0.05) is 6.07 Å². The molecule has 2 aromatic rings. The fraction of sp³-hybridized carbons (Fsp3) is 0.222. The molecule has 2 rings (SSSR count). The third-order valence-corrected chi connectivity index (χ3v) is 3.89. The third kappa shape index (κ3) is 4.66. The number of benzene rings is 1. The molecule has 5 heteroatoms. The molecule has 0 spiro atoms. The van der Waals surface area contributed by atoms with Gasteiger partial charge in [0.25, 0.3) is 0 Å². The number of hydrogen-bond acceptors (Lipinski definition) is 4. The fourth-order valence-electron chi connectivity index (χ4n) is 2.09. The molecule has 0 unspecified atom stereocenters. The second-order valence-corrected chi connectivity index (χ2v) is 6.04. The standard InChI is InChI=1S/C18H17BrO4/c1-11-8-13(3)15(9-12(11)2)16(20)10-22-18(21)7-5-14-4-6-17(19)23-14/h4-9H,10H2,1-3H3. The second kappa shape index (κ2) is 7.42. The Morgan fingerprint density at radius 3 is 2.48 bits per heavy atom. The van der Waals surface area contributed by atoms with Gasteiger partial charge in [-0.25, -0.2) is 4.79 Å². The summed E-state index contributed by atoms with van der Waals surface area (Å²) in [5.41, 5.74) is 3.63. The number of carbonyl (C=O) groups excluding carboxylic acids is 2. The highest BCUT2D eigenvalue weighted by molar-refractivity contribution is 9.10. The van der Waals surface area contributed by atoms with Crippen LogP contribution in [0.25, 0.3) is 6.08 Å². The minimum absolute atomic E-state index is 0.215. The first-order chi connectivity index (χ1) is 10.9. The summed E-state index contributed by atoms with van der Waals surface area (Å²) in [6, 6.07) is 7.21. The molecule has 1 heterocycles. The monoisotopic (exact) mass is 376 g/mol. The molecule has 4 nitrogen and oxygen atoms in total. The number of ketones is 1. The van der Waals surface area contributed by atoms with Gasteiger partial charge >= 0.3 is 5.97 Å². The summed E-state index contributed by atoms with van der Waals surface area (Å²) in [4.78, 5) is 23.8. The largest absolute Gasteiger partial charge is 0.454 e. The summed E-state index contributed by atoms with van der Waals surface area (Å²) in [6.45, 7) is 5.53. The number of ether oxygens (including phenoxy) is 1. The minimum atomic E-state index is -0.590. The van der Waals surface area contributed by atoms with Crippen LogP contribution < -0.4 is 0 Å². The Labute approximate surface area is 143 Å². The topological polar surface area (TPSA) is 56.5 Å². The van der Waals surface area contributed by atoms with Crippen molar-refractivity contribution in [3.05, 3.63) is 63.0 Å². The zero-order chi connectivity index (χ0) is 17.0. The van der Waals surface area contributed by atoms with Crippen LogP contribution in [0.4, 0.5) is 0 Å². The first-order valence-corrected chi connectivity index (χ1v) is 7.87. The molecule has 1 aromatic heterocycles. The molecule has 0 saturated heterocycles. The predicted molar refractivity (Wildman–Crippen MR) is 91.4 cm³/mol. The molecule has 0 N–H and O–H groups in total. The Kier molecular flexibility index (Phi) is 5.55. The number of Topliss-reactive ketones (excluding diaryl/α,β-unsaturated/α-hetero) is 1. The quantitative estimate of drug-likeness (QED) is 0.440. The molecule has 23 heavy (non-hydrogen) atoms. The predicted octanol–water partition coefficient (Wildman–Crippen LogP) is 4.41. The van der Waals surface area contributed by atoms with Crippen LogP contribution in [0.5, 0.6) is 0 Å². The first kappa shape index (κ1) is 17.2. The van der Waals surface area contributed by atoms with Gasteiger partial charge in [0, 0.05) is 11.6 Å². The summed E-state index contributed by atoms with van der Waals surface area (Å²) in [7, 11) is 0. The molecule has 0 saturated carbocycles. The van der Waals surface area contributed by atoms with Crippen molar-refractivity contribution in [2.75, 3.05) is 6.61 Å². The number of furan rings is 1. The van der Waals surface area contributed by atoms with Crippen LogP contribution in [0.2, 0.25) is 0 Å². The Morgan fingerprint density at radius 2 is 1.83 bits per heavy atom. The summed E-state index contributed by atoms with van der Waals surface area (Å²) >= 11 is 3.17. The van der Waals surface area contributed by atoms with E-state index in [-0.39, 0.29) is 12.4 Å². The molecule has 0 aliphatic carbocycles. The van der Waals surface area contributed by atoms with E-state index in [1.807, 2.05) is 32.9 Å². The number of carbonyl (C=O) groups is 2. The Balaban J connectivity index is 1.95. The highest BCUT2D eigenvalue weighted by Crippen LogP contribution is 2.17. The fourth-order valence-corrected chi connectivity index (χ4v) is 2.41. The van der Waals surface area contributed by atoms with Gasteiger partial charge < -0.3 is 9.15 Å². The lowest BCUT2D eigenvalue weighted by atomic mass is 9.98. The molecule has 120 valence electrons. The van der Waals surface area contributed by atoms with E-state index in [4.69, 9.17) is 9.15 Å². The van der Waals surface area contributed by atoms with E-state index in [1.54, 1.807) is 12.1 Å². The van der Waals surface area contributed by atoms with Crippen molar-refractivity contribution in [1.82, 2.24) is 0 Å². The van der Waals surface area contributed by atoms with E-state index in [1.165, 1.54) is 12.2 Å². The van der Waals surface area contributed by atoms with Crippen molar-refractivity contribution in [2.24, 2.45) is 0 Å². The highest BCUT2D eigenvalue weighted by atomic mass is 79.9. The van der Waals surface area contributed by atoms with E-state index >= 15 is 0 Å². The molecule has 0 atom stereocenters. The van der Waals surface area contributed by atoms with Crippen molar-refractivity contribution in [3.8, 4) is 0 Å².